The van der Waals surface area contributed by atoms with Crippen molar-refractivity contribution in [3.05, 3.63) is 51.5 Å². The molecule has 1 aromatic heterocycles. The van der Waals surface area contributed by atoms with E-state index in [1.807, 2.05) is 20.1 Å². The zero-order valence-corrected chi connectivity index (χ0v) is 17.5. The minimum atomic E-state index is -0.623. The molecule has 1 amide bonds. The average molecular weight is 418 g/mol. The molecule has 29 heavy (non-hydrogen) atoms. The molecule has 2 heterocycles. The number of carbonyl (C=O) groups excluding carboxylic acids is 1. The highest BCUT2D eigenvalue weighted by molar-refractivity contribution is 7.98. The number of fused-ring (bicyclic) bond motifs is 2. The van der Waals surface area contributed by atoms with Gasteiger partial charge in [0.05, 0.1) is 0 Å². The molecule has 1 unspecified atom stereocenters. The summed E-state index contributed by atoms with van der Waals surface area (Å²) in [6.45, 7) is 4.74. The third-order valence-corrected chi connectivity index (χ3v) is 7.02. The van der Waals surface area contributed by atoms with E-state index in [2.05, 4.69) is 10.3 Å². The van der Waals surface area contributed by atoms with E-state index in [1.54, 1.807) is 6.07 Å². The number of rotatable bonds is 4. The number of nitrogens with one attached hydrogen (secondary N) is 1. The van der Waals surface area contributed by atoms with Gasteiger partial charge >= 0.3 is 0 Å². The van der Waals surface area contributed by atoms with Crippen LogP contribution in [0.25, 0.3) is 0 Å². The van der Waals surface area contributed by atoms with E-state index >= 15 is 0 Å². The molecule has 2 N–H and O–H groups in total. The molecule has 1 aromatic carbocycles. The Morgan fingerprint density at radius 2 is 2.21 bits per heavy atom. The van der Waals surface area contributed by atoms with E-state index in [9.17, 15) is 19.1 Å². The van der Waals surface area contributed by atoms with Crippen LogP contribution in [0.5, 0.6) is 5.75 Å². The van der Waals surface area contributed by atoms with Gasteiger partial charge in [0.15, 0.2) is 5.69 Å². The van der Waals surface area contributed by atoms with Crippen molar-refractivity contribution >= 4 is 17.7 Å². The maximum atomic E-state index is 13.4. The highest BCUT2D eigenvalue weighted by Crippen LogP contribution is 2.55. The molecule has 2 aliphatic rings. The lowest BCUT2D eigenvalue weighted by Crippen LogP contribution is -2.36. The minimum Gasteiger partial charge on any atom is -0.501 e. The van der Waals surface area contributed by atoms with Crippen molar-refractivity contribution in [2.75, 3.05) is 6.26 Å². The summed E-state index contributed by atoms with van der Waals surface area (Å²) in [4.78, 5) is 30.7. The van der Waals surface area contributed by atoms with Gasteiger partial charge in [0.2, 0.25) is 5.75 Å². The Balaban J connectivity index is 1.64. The number of aromatic nitrogens is 2. The van der Waals surface area contributed by atoms with Gasteiger partial charge in [0, 0.05) is 23.4 Å². The molecule has 6 nitrogen and oxygen atoms in total. The van der Waals surface area contributed by atoms with Crippen molar-refractivity contribution in [3.8, 4) is 5.75 Å². The van der Waals surface area contributed by atoms with Gasteiger partial charge in [0.1, 0.15) is 11.6 Å². The van der Waals surface area contributed by atoms with E-state index in [4.69, 9.17) is 0 Å². The molecule has 8 heteroatoms. The molecular formula is C21H24FN3O3S. The van der Waals surface area contributed by atoms with Crippen LogP contribution in [0.1, 0.15) is 48.6 Å². The molecule has 1 aliphatic carbocycles. The Labute approximate surface area is 172 Å². The van der Waals surface area contributed by atoms with Crippen molar-refractivity contribution in [2.24, 2.45) is 11.8 Å². The number of aromatic hydroxyl groups is 1. The lowest BCUT2D eigenvalue weighted by atomic mass is 9.85. The Bertz CT molecular complexity index is 1050. The summed E-state index contributed by atoms with van der Waals surface area (Å²) in [7, 11) is 0. The van der Waals surface area contributed by atoms with E-state index in [0.717, 1.165) is 18.4 Å². The molecule has 154 valence electrons. The summed E-state index contributed by atoms with van der Waals surface area (Å²) < 4.78 is 14.9. The smallest absolute Gasteiger partial charge is 0.296 e. The van der Waals surface area contributed by atoms with Gasteiger partial charge in [-0.3, -0.25) is 14.2 Å². The number of halogens is 1. The lowest BCUT2D eigenvalue weighted by molar-refractivity contribution is 0.0941. The van der Waals surface area contributed by atoms with Crippen LogP contribution < -0.4 is 10.9 Å². The summed E-state index contributed by atoms with van der Waals surface area (Å²) in [6.07, 6.45) is 3.82. The standard InChI is InChI=1S/C21H24FN3O3S/c1-21(2)14-8-11(14)6-7-25-19(28)17(26)16(24-20(21)25)18(27)23-10-12-4-5-13(22)9-15(12)29-3/h4-5,9,11,14,26H,6-8,10H2,1-3H3,(H,23,27)/t11?,14-/m1/s1. The second-order valence-electron chi connectivity index (χ2n) is 8.34. The first-order chi connectivity index (χ1) is 13.7. The van der Waals surface area contributed by atoms with Crippen LogP contribution >= 0.6 is 11.8 Å². The zero-order valence-electron chi connectivity index (χ0n) is 16.7. The van der Waals surface area contributed by atoms with Gasteiger partial charge in [0.25, 0.3) is 11.5 Å². The molecule has 2 aromatic rings. The van der Waals surface area contributed by atoms with Crippen LogP contribution in [0.15, 0.2) is 27.9 Å². The number of nitrogens with zero attached hydrogens (tertiary/aromatic N) is 2. The first-order valence-electron chi connectivity index (χ1n) is 9.69. The molecule has 0 bridgehead atoms. The quantitative estimate of drug-likeness (QED) is 0.747. The summed E-state index contributed by atoms with van der Waals surface area (Å²) in [5.41, 5.74) is -0.409. The highest BCUT2D eigenvalue weighted by Gasteiger charge is 2.52. The van der Waals surface area contributed by atoms with E-state index in [-0.39, 0.29) is 23.5 Å². The molecule has 1 aliphatic heterocycles. The van der Waals surface area contributed by atoms with Gasteiger partial charge in [-0.25, -0.2) is 9.37 Å². The molecule has 0 spiro atoms. The Hall–Kier alpha value is -2.35. The summed E-state index contributed by atoms with van der Waals surface area (Å²) in [6, 6.07) is 4.35. The van der Waals surface area contributed by atoms with Crippen LogP contribution in [0.4, 0.5) is 4.39 Å². The summed E-state index contributed by atoms with van der Waals surface area (Å²) >= 11 is 1.38. The molecule has 2 atom stereocenters. The van der Waals surface area contributed by atoms with Gasteiger partial charge < -0.3 is 10.4 Å². The predicted molar refractivity (Wildman–Crippen MR) is 109 cm³/mol. The first kappa shape index (κ1) is 19.9. The van der Waals surface area contributed by atoms with Crippen LogP contribution in [0.3, 0.4) is 0 Å². The Morgan fingerprint density at radius 1 is 1.45 bits per heavy atom. The van der Waals surface area contributed by atoms with Crippen molar-refractivity contribution in [1.82, 2.24) is 14.9 Å². The van der Waals surface area contributed by atoms with Crippen LogP contribution in [-0.4, -0.2) is 26.8 Å². The lowest BCUT2D eigenvalue weighted by Gasteiger charge is -2.26. The SMILES string of the molecule is CSc1cc(F)ccc1CNC(=O)c1nc2n(c(=O)c1O)CCC1C[C@H]1C2(C)C. The van der Waals surface area contributed by atoms with E-state index in [1.165, 1.54) is 28.5 Å². The third kappa shape index (κ3) is 3.43. The van der Waals surface area contributed by atoms with Crippen LogP contribution in [0, 0.1) is 17.7 Å². The molecule has 0 saturated heterocycles. The normalized spacial score (nSPS) is 21.7. The second kappa shape index (κ2) is 7.16. The predicted octanol–water partition coefficient (Wildman–Crippen LogP) is 3.06. The average Bonchev–Trinajstić information content (AvgIpc) is 3.48. The largest absolute Gasteiger partial charge is 0.501 e. The van der Waals surface area contributed by atoms with Gasteiger partial charge in [-0.15, -0.1) is 11.8 Å². The number of benzene rings is 1. The van der Waals surface area contributed by atoms with Crippen molar-refractivity contribution in [1.29, 1.82) is 0 Å². The number of amides is 1. The third-order valence-electron chi connectivity index (χ3n) is 6.20. The van der Waals surface area contributed by atoms with Crippen molar-refractivity contribution in [3.63, 3.8) is 0 Å². The van der Waals surface area contributed by atoms with E-state index < -0.39 is 17.2 Å². The number of carbonyl (C=O) groups is 1. The Morgan fingerprint density at radius 3 is 2.93 bits per heavy atom. The molecule has 4 rings (SSSR count). The minimum absolute atomic E-state index is 0.142. The molecule has 1 fully saturated rings. The molecular weight excluding hydrogens is 393 g/mol. The second-order valence-corrected chi connectivity index (χ2v) is 9.19. The van der Waals surface area contributed by atoms with Crippen LogP contribution in [-0.2, 0) is 18.5 Å². The summed E-state index contributed by atoms with van der Waals surface area (Å²) in [5.74, 6) is -0.0281. The topological polar surface area (TPSA) is 84.2 Å². The first-order valence-corrected chi connectivity index (χ1v) is 10.9. The van der Waals surface area contributed by atoms with Crippen molar-refractivity contribution in [2.45, 2.75) is 50.1 Å². The maximum absolute atomic E-state index is 13.4. The Kier molecular flexibility index (Phi) is 4.93. The van der Waals surface area contributed by atoms with Gasteiger partial charge in [-0.2, -0.15) is 0 Å². The molecule has 0 radical (unpaired) electrons. The molecule has 1 saturated carbocycles. The maximum Gasteiger partial charge on any atom is 0.296 e. The number of hydrogen-bond donors (Lipinski definition) is 2. The number of hydrogen-bond acceptors (Lipinski definition) is 5. The van der Waals surface area contributed by atoms with Crippen molar-refractivity contribution < 1.29 is 14.3 Å². The fourth-order valence-corrected chi connectivity index (χ4v) is 5.07. The fourth-order valence-electron chi connectivity index (χ4n) is 4.44. The summed E-state index contributed by atoms with van der Waals surface area (Å²) in [5, 5.41) is 13.1. The zero-order chi connectivity index (χ0) is 20.9. The fraction of sp³-hybridized carbons (Fsp3) is 0.476. The van der Waals surface area contributed by atoms with Gasteiger partial charge in [-0.05, 0) is 48.6 Å². The van der Waals surface area contributed by atoms with Gasteiger partial charge in [-0.1, -0.05) is 19.9 Å². The monoisotopic (exact) mass is 417 g/mol. The van der Waals surface area contributed by atoms with E-state index in [0.29, 0.717) is 29.1 Å². The highest BCUT2D eigenvalue weighted by atomic mass is 32.2. The number of thioether (sulfide) groups is 1. The van der Waals surface area contributed by atoms with Crippen LogP contribution in [0.2, 0.25) is 0 Å².